The summed E-state index contributed by atoms with van der Waals surface area (Å²) in [6, 6.07) is 8.07. The SMILES string of the molecule is CN(CC(=O)Nc1cccc(Br)c1)C1CCCC1CN. The van der Waals surface area contributed by atoms with Gasteiger partial charge in [-0.05, 0) is 50.6 Å². The number of hydrogen-bond acceptors (Lipinski definition) is 3. The van der Waals surface area contributed by atoms with Crippen LogP contribution in [0.5, 0.6) is 0 Å². The van der Waals surface area contributed by atoms with Crippen molar-refractivity contribution >= 4 is 27.5 Å². The number of nitrogens with zero attached hydrogens (tertiary/aromatic N) is 1. The molecule has 1 amide bonds. The van der Waals surface area contributed by atoms with Gasteiger partial charge in [0.05, 0.1) is 6.54 Å². The first-order valence-electron chi connectivity index (χ1n) is 7.06. The number of carbonyl (C=O) groups excluding carboxylic acids is 1. The van der Waals surface area contributed by atoms with E-state index in [-0.39, 0.29) is 5.91 Å². The second-order valence-corrected chi connectivity index (χ2v) is 6.38. The highest BCUT2D eigenvalue weighted by atomic mass is 79.9. The largest absolute Gasteiger partial charge is 0.330 e. The molecule has 1 saturated carbocycles. The van der Waals surface area contributed by atoms with Crippen molar-refractivity contribution in [3.05, 3.63) is 28.7 Å². The third-order valence-electron chi connectivity index (χ3n) is 3.99. The standard InChI is InChI=1S/C15H22BrN3O/c1-19(14-7-2-4-11(14)9-17)10-15(20)18-13-6-3-5-12(16)8-13/h3,5-6,8,11,14H,2,4,7,9-10,17H2,1H3,(H,18,20). The number of halogens is 1. The van der Waals surface area contributed by atoms with E-state index in [2.05, 4.69) is 26.1 Å². The minimum Gasteiger partial charge on any atom is -0.330 e. The summed E-state index contributed by atoms with van der Waals surface area (Å²) in [4.78, 5) is 14.2. The maximum atomic E-state index is 12.1. The van der Waals surface area contributed by atoms with Crippen LogP contribution in [0, 0.1) is 5.92 Å². The van der Waals surface area contributed by atoms with E-state index in [1.54, 1.807) is 0 Å². The summed E-state index contributed by atoms with van der Waals surface area (Å²) in [5.74, 6) is 0.548. The summed E-state index contributed by atoms with van der Waals surface area (Å²) in [6.07, 6.45) is 3.53. The van der Waals surface area contributed by atoms with Crippen molar-refractivity contribution in [3.8, 4) is 0 Å². The van der Waals surface area contributed by atoms with Crippen LogP contribution in [0.15, 0.2) is 28.7 Å². The molecule has 2 unspecified atom stereocenters. The number of likely N-dealkylation sites (N-methyl/N-ethyl adjacent to an activating group) is 1. The number of carbonyl (C=O) groups is 1. The van der Waals surface area contributed by atoms with Crippen LogP contribution in [0.1, 0.15) is 19.3 Å². The zero-order valence-corrected chi connectivity index (χ0v) is 13.4. The molecular formula is C15H22BrN3O. The Kier molecular flexibility index (Phi) is 5.57. The number of rotatable bonds is 5. The summed E-state index contributed by atoms with van der Waals surface area (Å²) in [6.45, 7) is 1.12. The molecule has 1 aliphatic carbocycles. The zero-order valence-electron chi connectivity index (χ0n) is 11.8. The van der Waals surface area contributed by atoms with Gasteiger partial charge in [-0.3, -0.25) is 9.69 Å². The molecule has 1 aromatic rings. The Morgan fingerprint density at radius 3 is 3.00 bits per heavy atom. The molecule has 0 bridgehead atoms. The number of nitrogens with one attached hydrogen (secondary N) is 1. The molecule has 1 aromatic carbocycles. The van der Waals surface area contributed by atoms with Crippen molar-refractivity contribution < 1.29 is 4.79 Å². The molecule has 5 heteroatoms. The molecule has 4 nitrogen and oxygen atoms in total. The predicted octanol–water partition coefficient (Wildman–Crippen LogP) is 2.45. The summed E-state index contributed by atoms with van der Waals surface area (Å²) in [5, 5.41) is 2.93. The van der Waals surface area contributed by atoms with E-state index in [1.165, 1.54) is 12.8 Å². The van der Waals surface area contributed by atoms with Crippen molar-refractivity contribution in [1.82, 2.24) is 4.90 Å². The van der Waals surface area contributed by atoms with Gasteiger partial charge in [0.2, 0.25) is 5.91 Å². The number of anilines is 1. The summed E-state index contributed by atoms with van der Waals surface area (Å²) in [7, 11) is 2.01. The Morgan fingerprint density at radius 2 is 2.30 bits per heavy atom. The fourth-order valence-electron chi connectivity index (χ4n) is 2.98. The molecule has 1 aliphatic rings. The Labute approximate surface area is 128 Å². The van der Waals surface area contributed by atoms with Gasteiger partial charge in [-0.25, -0.2) is 0 Å². The van der Waals surface area contributed by atoms with Gasteiger partial charge in [0.15, 0.2) is 0 Å². The molecule has 3 N–H and O–H groups in total. The van der Waals surface area contributed by atoms with Gasteiger partial charge in [-0.15, -0.1) is 0 Å². The number of hydrogen-bond donors (Lipinski definition) is 2. The Balaban J connectivity index is 1.88. The van der Waals surface area contributed by atoms with Crippen molar-refractivity contribution in [3.63, 3.8) is 0 Å². The van der Waals surface area contributed by atoms with Crippen LogP contribution in [0.25, 0.3) is 0 Å². The number of amides is 1. The lowest BCUT2D eigenvalue weighted by atomic mass is 10.0. The molecule has 0 radical (unpaired) electrons. The maximum Gasteiger partial charge on any atom is 0.238 e. The highest BCUT2D eigenvalue weighted by Crippen LogP contribution is 2.28. The van der Waals surface area contributed by atoms with E-state index in [4.69, 9.17) is 5.73 Å². The molecular weight excluding hydrogens is 318 g/mol. The van der Waals surface area contributed by atoms with Gasteiger partial charge in [0.1, 0.15) is 0 Å². The second-order valence-electron chi connectivity index (χ2n) is 5.47. The molecule has 2 atom stereocenters. The number of nitrogens with two attached hydrogens (primary N) is 1. The van der Waals surface area contributed by atoms with E-state index in [1.807, 2.05) is 31.3 Å². The first-order chi connectivity index (χ1) is 9.60. The molecule has 110 valence electrons. The van der Waals surface area contributed by atoms with Crippen LogP contribution in [0.3, 0.4) is 0 Å². The fraction of sp³-hybridized carbons (Fsp3) is 0.533. The van der Waals surface area contributed by atoms with E-state index < -0.39 is 0 Å². The average molecular weight is 340 g/mol. The lowest BCUT2D eigenvalue weighted by Gasteiger charge is -2.28. The van der Waals surface area contributed by atoms with Gasteiger partial charge in [0.25, 0.3) is 0 Å². The Hall–Kier alpha value is -0.910. The molecule has 20 heavy (non-hydrogen) atoms. The zero-order chi connectivity index (χ0) is 14.5. The van der Waals surface area contributed by atoms with Crippen LogP contribution in [0.4, 0.5) is 5.69 Å². The first kappa shape index (κ1) is 15.5. The highest BCUT2D eigenvalue weighted by Gasteiger charge is 2.29. The first-order valence-corrected chi connectivity index (χ1v) is 7.85. The van der Waals surface area contributed by atoms with Gasteiger partial charge in [-0.2, -0.15) is 0 Å². The maximum absolute atomic E-state index is 12.1. The summed E-state index contributed by atoms with van der Waals surface area (Å²) in [5.41, 5.74) is 6.62. The molecule has 0 spiro atoms. The van der Waals surface area contributed by atoms with Gasteiger partial charge in [-0.1, -0.05) is 28.4 Å². The van der Waals surface area contributed by atoms with E-state index in [0.717, 1.165) is 16.6 Å². The molecule has 0 aromatic heterocycles. The van der Waals surface area contributed by atoms with E-state index in [9.17, 15) is 4.79 Å². The summed E-state index contributed by atoms with van der Waals surface area (Å²) < 4.78 is 0.961. The number of benzene rings is 1. The van der Waals surface area contributed by atoms with Crippen molar-refractivity contribution in [2.45, 2.75) is 25.3 Å². The quantitative estimate of drug-likeness (QED) is 0.866. The van der Waals surface area contributed by atoms with Crippen molar-refractivity contribution in [1.29, 1.82) is 0 Å². The highest BCUT2D eigenvalue weighted by molar-refractivity contribution is 9.10. The molecule has 1 fully saturated rings. The Morgan fingerprint density at radius 1 is 1.50 bits per heavy atom. The van der Waals surface area contributed by atoms with Crippen LogP contribution in [0.2, 0.25) is 0 Å². The molecule has 0 aliphatic heterocycles. The van der Waals surface area contributed by atoms with Gasteiger partial charge in [0, 0.05) is 16.2 Å². The van der Waals surface area contributed by atoms with Crippen LogP contribution in [-0.2, 0) is 4.79 Å². The van der Waals surface area contributed by atoms with E-state index in [0.29, 0.717) is 25.0 Å². The molecule has 0 heterocycles. The minimum absolute atomic E-state index is 0.0215. The van der Waals surface area contributed by atoms with Gasteiger partial charge < -0.3 is 11.1 Å². The van der Waals surface area contributed by atoms with Crippen molar-refractivity contribution in [2.75, 3.05) is 25.5 Å². The molecule has 0 saturated heterocycles. The van der Waals surface area contributed by atoms with E-state index >= 15 is 0 Å². The van der Waals surface area contributed by atoms with Crippen LogP contribution >= 0.6 is 15.9 Å². The lowest BCUT2D eigenvalue weighted by Crippen LogP contribution is -2.41. The monoisotopic (exact) mass is 339 g/mol. The van der Waals surface area contributed by atoms with Gasteiger partial charge >= 0.3 is 0 Å². The normalized spacial score (nSPS) is 22.2. The average Bonchev–Trinajstić information content (AvgIpc) is 2.86. The third-order valence-corrected chi connectivity index (χ3v) is 4.48. The fourth-order valence-corrected chi connectivity index (χ4v) is 3.38. The third kappa shape index (κ3) is 4.04. The summed E-state index contributed by atoms with van der Waals surface area (Å²) >= 11 is 3.40. The van der Waals surface area contributed by atoms with Crippen LogP contribution < -0.4 is 11.1 Å². The van der Waals surface area contributed by atoms with Crippen LogP contribution in [-0.4, -0.2) is 37.0 Å². The minimum atomic E-state index is 0.0215. The lowest BCUT2D eigenvalue weighted by molar-refractivity contribution is -0.117. The topological polar surface area (TPSA) is 58.4 Å². The smallest absolute Gasteiger partial charge is 0.238 e. The molecule has 2 rings (SSSR count). The Bertz CT molecular complexity index is 466. The second kappa shape index (κ2) is 7.20. The predicted molar refractivity (Wildman–Crippen MR) is 85.6 cm³/mol. The van der Waals surface area contributed by atoms with Crippen molar-refractivity contribution in [2.24, 2.45) is 11.7 Å².